The number of nitrogens with one attached hydrogen (secondary N) is 3. The van der Waals surface area contributed by atoms with Crippen LogP contribution in [0.5, 0.6) is 5.75 Å². The summed E-state index contributed by atoms with van der Waals surface area (Å²) >= 11 is 0. The molecule has 11 nitrogen and oxygen atoms in total. The van der Waals surface area contributed by atoms with Gasteiger partial charge in [-0.2, -0.15) is 5.10 Å². The smallest absolute Gasteiger partial charge is 0.254 e. The predicted octanol–water partition coefficient (Wildman–Crippen LogP) is 4.27. The van der Waals surface area contributed by atoms with Crippen molar-refractivity contribution in [2.45, 2.75) is 26.8 Å². The number of carbonyl (C=O) groups excluding carboxylic acids is 2. The first-order valence-corrected chi connectivity index (χ1v) is 13.1. The molecule has 0 aliphatic carbocycles. The number of amides is 2. The maximum atomic E-state index is 12.8. The number of rotatable bonds is 9. The fourth-order valence-corrected chi connectivity index (χ4v) is 4.83. The Morgan fingerprint density at radius 3 is 2.80 bits per heavy atom. The van der Waals surface area contributed by atoms with E-state index in [9.17, 15) is 9.59 Å². The molecule has 0 atom stereocenters. The fraction of sp³-hybridized carbons (Fsp3) is 0.276. The zero-order valence-electron chi connectivity index (χ0n) is 23.0. The van der Waals surface area contributed by atoms with Gasteiger partial charge in [-0.05, 0) is 43.2 Å². The molecule has 4 aromatic rings. The molecule has 1 aliphatic heterocycles. The second-order valence-electron chi connectivity index (χ2n) is 9.53. The maximum Gasteiger partial charge on any atom is 0.254 e. The van der Waals surface area contributed by atoms with Crippen molar-refractivity contribution in [3.05, 3.63) is 60.3 Å². The number of hydrogen-bond acceptors (Lipinski definition) is 8. The summed E-state index contributed by atoms with van der Waals surface area (Å²) in [5, 5.41) is 14.5. The Morgan fingerprint density at radius 2 is 2.05 bits per heavy atom. The highest BCUT2D eigenvalue weighted by Crippen LogP contribution is 2.37. The van der Waals surface area contributed by atoms with Crippen molar-refractivity contribution in [3.8, 4) is 17.1 Å². The number of aromatic nitrogens is 4. The predicted molar refractivity (Wildman–Crippen MR) is 156 cm³/mol. The van der Waals surface area contributed by atoms with Gasteiger partial charge in [-0.15, -0.1) is 0 Å². The van der Waals surface area contributed by atoms with Crippen molar-refractivity contribution in [3.63, 3.8) is 0 Å². The summed E-state index contributed by atoms with van der Waals surface area (Å²) < 4.78 is 7.71. The number of ether oxygens (including phenoxy) is 1. The molecule has 5 rings (SSSR count). The minimum atomic E-state index is -0.319. The van der Waals surface area contributed by atoms with Crippen molar-refractivity contribution in [1.29, 1.82) is 0 Å². The minimum absolute atomic E-state index is 0.284. The molecular formula is C29H32N8O3. The average molecular weight is 541 g/mol. The summed E-state index contributed by atoms with van der Waals surface area (Å²) in [6, 6.07) is 9.60. The van der Waals surface area contributed by atoms with Gasteiger partial charge in [0.2, 0.25) is 11.9 Å². The Hall–Kier alpha value is -4.93. The van der Waals surface area contributed by atoms with E-state index >= 15 is 0 Å². The van der Waals surface area contributed by atoms with E-state index in [1.54, 1.807) is 7.05 Å². The van der Waals surface area contributed by atoms with Gasteiger partial charge in [0.25, 0.3) is 5.91 Å². The molecule has 3 heterocycles. The second kappa shape index (κ2) is 11.0. The molecule has 2 amide bonds. The molecule has 1 aliphatic rings. The molecule has 0 saturated carbocycles. The first-order chi connectivity index (χ1) is 19.3. The van der Waals surface area contributed by atoms with Crippen LogP contribution in [0.4, 0.5) is 23.0 Å². The minimum Gasteiger partial charge on any atom is -0.489 e. The lowest BCUT2D eigenvalue weighted by molar-refractivity contribution is -0.111. The Labute approximate surface area is 232 Å². The van der Waals surface area contributed by atoms with E-state index < -0.39 is 0 Å². The first-order valence-electron chi connectivity index (χ1n) is 13.1. The Bertz CT molecular complexity index is 1630. The molecule has 0 radical (unpaired) electrons. The largest absolute Gasteiger partial charge is 0.489 e. The van der Waals surface area contributed by atoms with E-state index in [4.69, 9.17) is 14.8 Å². The quantitative estimate of drug-likeness (QED) is 0.269. The highest BCUT2D eigenvalue weighted by molar-refractivity contribution is 6.05. The van der Waals surface area contributed by atoms with Crippen LogP contribution in [-0.4, -0.2) is 58.8 Å². The van der Waals surface area contributed by atoms with Gasteiger partial charge in [0.05, 0.1) is 23.5 Å². The van der Waals surface area contributed by atoms with Crippen LogP contribution >= 0.6 is 0 Å². The SMILES string of the molecule is C=CC(=O)Nc1cc(Nc2ncc(C(=O)NC)c(-c3nn4c5c(cccc35)OCC4)n2)c(C)cc1N(C)CCC. The molecule has 2 aromatic heterocycles. The van der Waals surface area contributed by atoms with Gasteiger partial charge in [-0.1, -0.05) is 25.6 Å². The molecule has 206 valence electrons. The van der Waals surface area contributed by atoms with E-state index in [2.05, 4.69) is 39.3 Å². The first kappa shape index (κ1) is 26.7. The van der Waals surface area contributed by atoms with Crippen LogP contribution in [0.3, 0.4) is 0 Å². The molecule has 40 heavy (non-hydrogen) atoms. The molecule has 2 aromatic carbocycles. The highest BCUT2D eigenvalue weighted by Gasteiger charge is 2.25. The summed E-state index contributed by atoms with van der Waals surface area (Å²) in [5.41, 5.74) is 5.29. The molecule has 0 spiro atoms. The fourth-order valence-electron chi connectivity index (χ4n) is 4.83. The van der Waals surface area contributed by atoms with Crippen molar-refractivity contribution in [2.24, 2.45) is 0 Å². The zero-order valence-corrected chi connectivity index (χ0v) is 23.0. The van der Waals surface area contributed by atoms with Crippen LogP contribution in [0, 0.1) is 6.92 Å². The molecule has 0 fully saturated rings. The molecule has 0 bridgehead atoms. The molecule has 0 saturated heterocycles. The van der Waals surface area contributed by atoms with Crippen LogP contribution < -0.4 is 25.6 Å². The number of benzene rings is 2. The van der Waals surface area contributed by atoms with Crippen molar-refractivity contribution in [1.82, 2.24) is 25.1 Å². The normalized spacial score (nSPS) is 12.0. The number of nitrogens with zero attached hydrogens (tertiary/aromatic N) is 5. The van der Waals surface area contributed by atoms with Gasteiger partial charge in [0.1, 0.15) is 29.3 Å². The highest BCUT2D eigenvalue weighted by atomic mass is 16.5. The Kier molecular flexibility index (Phi) is 7.37. The van der Waals surface area contributed by atoms with E-state index in [1.165, 1.54) is 12.3 Å². The van der Waals surface area contributed by atoms with Crippen molar-refractivity contribution < 1.29 is 14.3 Å². The lowest BCUT2D eigenvalue weighted by Gasteiger charge is -2.24. The van der Waals surface area contributed by atoms with E-state index in [1.807, 2.05) is 49.0 Å². The van der Waals surface area contributed by atoms with Crippen LogP contribution in [0.2, 0.25) is 0 Å². The molecule has 0 unspecified atom stereocenters. The van der Waals surface area contributed by atoms with Crippen LogP contribution in [0.1, 0.15) is 29.3 Å². The van der Waals surface area contributed by atoms with Gasteiger partial charge in [-0.25, -0.2) is 9.97 Å². The standard InChI is InChI=1S/C29H32N8O3/c1-6-11-36(5)22-14-17(3)20(15-21(22)32-24(38)7-2)33-29-31-16-19(28(39)30-4)25(34-29)26-18-9-8-10-23-27(18)37(35-26)12-13-40-23/h7-10,14-16H,2,6,11-13H2,1,3-5H3,(H,30,39)(H,32,38)(H,31,33,34). The molecular weight excluding hydrogens is 508 g/mol. The third kappa shape index (κ3) is 4.93. The van der Waals surface area contributed by atoms with Gasteiger partial charge in [-0.3, -0.25) is 14.3 Å². The lowest BCUT2D eigenvalue weighted by Crippen LogP contribution is -2.21. The third-order valence-electron chi connectivity index (χ3n) is 6.78. The summed E-state index contributed by atoms with van der Waals surface area (Å²) in [5.74, 6) is 0.402. The van der Waals surface area contributed by atoms with Crippen molar-refractivity contribution >= 4 is 45.7 Å². The maximum absolute atomic E-state index is 12.8. The van der Waals surface area contributed by atoms with Crippen LogP contribution in [0.15, 0.2) is 49.2 Å². The number of anilines is 4. The van der Waals surface area contributed by atoms with Crippen LogP contribution in [0.25, 0.3) is 22.3 Å². The van der Waals surface area contributed by atoms with Gasteiger partial charge >= 0.3 is 0 Å². The van der Waals surface area contributed by atoms with Gasteiger partial charge in [0, 0.05) is 37.9 Å². The summed E-state index contributed by atoms with van der Waals surface area (Å²) in [7, 11) is 3.55. The summed E-state index contributed by atoms with van der Waals surface area (Å²) in [4.78, 5) is 36.4. The summed E-state index contributed by atoms with van der Waals surface area (Å²) in [6.45, 7) is 9.57. The number of aryl methyl sites for hydroxylation is 1. The van der Waals surface area contributed by atoms with Gasteiger partial charge < -0.3 is 25.6 Å². The number of para-hydroxylation sites is 1. The van der Waals surface area contributed by atoms with E-state index in [-0.39, 0.29) is 17.8 Å². The topological polar surface area (TPSA) is 126 Å². The van der Waals surface area contributed by atoms with E-state index in [0.717, 1.165) is 40.9 Å². The average Bonchev–Trinajstić information content (AvgIpc) is 3.34. The van der Waals surface area contributed by atoms with Crippen LogP contribution in [-0.2, 0) is 11.3 Å². The molecule has 11 heteroatoms. The second-order valence-corrected chi connectivity index (χ2v) is 9.53. The number of carbonyl (C=O) groups is 2. The van der Waals surface area contributed by atoms with Crippen molar-refractivity contribution in [2.75, 3.05) is 42.8 Å². The molecule has 3 N–H and O–H groups in total. The monoisotopic (exact) mass is 540 g/mol. The lowest BCUT2D eigenvalue weighted by atomic mass is 10.1. The number of hydrogen-bond donors (Lipinski definition) is 3. The summed E-state index contributed by atoms with van der Waals surface area (Å²) in [6.07, 6.45) is 3.69. The third-order valence-corrected chi connectivity index (χ3v) is 6.78. The van der Waals surface area contributed by atoms with Gasteiger partial charge in [0.15, 0.2) is 0 Å². The zero-order chi connectivity index (χ0) is 28.4. The Morgan fingerprint density at radius 1 is 1.23 bits per heavy atom. The Balaban J connectivity index is 1.60. The van der Waals surface area contributed by atoms with E-state index in [0.29, 0.717) is 41.5 Å².